The third kappa shape index (κ3) is 3.51. The van der Waals surface area contributed by atoms with Crippen molar-refractivity contribution in [3.8, 4) is 17.2 Å². The van der Waals surface area contributed by atoms with Crippen molar-refractivity contribution in [3.63, 3.8) is 0 Å². The molecule has 0 saturated carbocycles. The molecule has 1 aromatic heterocycles. The number of oxazole rings is 1. The number of methoxy groups -OCH3 is 1. The maximum Gasteiger partial charge on any atom is 0.259 e. The third-order valence-corrected chi connectivity index (χ3v) is 4.83. The van der Waals surface area contributed by atoms with Crippen LogP contribution in [0.5, 0.6) is 5.75 Å². The number of carbonyl (C=O) groups is 1. The minimum absolute atomic E-state index is 0.240. The van der Waals surface area contributed by atoms with Crippen LogP contribution in [0.3, 0.4) is 0 Å². The number of nitrogens with zero attached hydrogens (tertiary/aromatic N) is 1. The van der Waals surface area contributed by atoms with Crippen molar-refractivity contribution in [1.29, 1.82) is 0 Å². The molecule has 3 aromatic carbocycles. The second-order valence-corrected chi connectivity index (χ2v) is 7.24. The second kappa shape index (κ2) is 7.48. The molecule has 4 rings (SSSR count). The summed E-state index contributed by atoms with van der Waals surface area (Å²) >= 11 is 3.43. The fourth-order valence-electron chi connectivity index (χ4n) is 3.06. The van der Waals surface area contributed by atoms with E-state index in [4.69, 9.17) is 9.15 Å². The highest BCUT2D eigenvalue weighted by Gasteiger charge is 2.16. The van der Waals surface area contributed by atoms with E-state index in [-0.39, 0.29) is 5.91 Å². The van der Waals surface area contributed by atoms with Crippen LogP contribution in [-0.4, -0.2) is 18.0 Å². The predicted octanol–water partition coefficient (Wildman–Crippen LogP) is 5.83. The lowest BCUT2D eigenvalue weighted by atomic mass is 10.1. The molecule has 6 heteroatoms. The number of nitrogens with one attached hydrogen (secondary N) is 1. The maximum absolute atomic E-state index is 12.7. The van der Waals surface area contributed by atoms with E-state index in [0.29, 0.717) is 22.9 Å². The zero-order chi connectivity index (χ0) is 19.7. The number of ether oxygens (including phenoxy) is 1. The van der Waals surface area contributed by atoms with E-state index >= 15 is 0 Å². The van der Waals surface area contributed by atoms with Crippen molar-refractivity contribution in [2.24, 2.45) is 0 Å². The number of anilines is 1. The van der Waals surface area contributed by atoms with Gasteiger partial charge < -0.3 is 14.5 Å². The molecule has 1 amide bonds. The van der Waals surface area contributed by atoms with Gasteiger partial charge in [0.05, 0.1) is 12.7 Å². The molecule has 140 valence electrons. The summed E-state index contributed by atoms with van der Waals surface area (Å²) in [7, 11) is 1.56. The Morgan fingerprint density at radius 2 is 1.86 bits per heavy atom. The van der Waals surface area contributed by atoms with Gasteiger partial charge in [0.15, 0.2) is 5.58 Å². The minimum Gasteiger partial charge on any atom is -0.496 e. The van der Waals surface area contributed by atoms with Crippen LogP contribution in [0.15, 0.2) is 69.6 Å². The number of aromatic nitrogens is 1. The van der Waals surface area contributed by atoms with Crippen LogP contribution in [0.2, 0.25) is 0 Å². The molecule has 28 heavy (non-hydrogen) atoms. The summed E-state index contributed by atoms with van der Waals surface area (Å²) in [5.74, 6) is 0.864. The van der Waals surface area contributed by atoms with Crippen molar-refractivity contribution >= 4 is 38.6 Å². The molecule has 1 heterocycles. The molecule has 0 aliphatic carbocycles. The van der Waals surface area contributed by atoms with E-state index in [1.54, 1.807) is 13.2 Å². The Bertz CT molecular complexity index is 1130. The number of para-hydroxylation sites is 2. The zero-order valence-electron chi connectivity index (χ0n) is 15.3. The Morgan fingerprint density at radius 3 is 2.57 bits per heavy atom. The second-order valence-electron chi connectivity index (χ2n) is 6.32. The summed E-state index contributed by atoms with van der Waals surface area (Å²) in [5, 5.41) is 2.90. The summed E-state index contributed by atoms with van der Waals surface area (Å²) in [6, 6.07) is 18.6. The minimum atomic E-state index is -0.240. The van der Waals surface area contributed by atoms with Crippen molar-refractivity contribution in [1.82, 2.24) is 4.98 Å². The summed E-state index contributed by atoms with van der Waals surface area (Å²) in [6.45, 7) is 1.90. The normalized spacial score (nSPS) is 10.8. The first-order chi connectivity index (χ1) is 13.5. The highest BCUT2D eigenvalue weighted by atomic mass is 79.9. The number of fused-ring (bicyclic) bond motifs is 1. The first-order valence-corrected chi connectivity index (χ1v) is 9.46. The van der Waals surface area contributed by atoms with E-state index in [0.717, 1.165) is 26.7 Å². The van der Waals surface area contributed by atoms with Crippen LogP contribution in [0, 0.1) is 6.92 Å². The molecule has 5 nitrogen and oxygen atoms in total. The van der Waals surface area contributed by atoms with Gasteiger partial charge in [0.25, 0.3) is 5.91 Å². The third-order valence-electron chi connectivity index (χ3n) is 4.37. The predicted molar refractivity (Wildman–Crippen MR) is 113 cm³/mol. The van der Waals surface area contributed by atoms with Gasteiger partial charge >= 0.3 is 0 Å². The van der Waals surface area contributed by atoms with Crippen molar-refractivity contribution in [2.45, 2.75) is 6.92 Å². The lowest BCUT2D eigenvalue weighted by Gasteiger charge is -2.12. The standard InChI is InChI=1S/C22H17BrN2O3/c1-13-11-15(23)12-17(20(13)27-2)21(26)24-16-9-7-14(8-10-16)22-25-18-5-3-4-6-19(18)28-22/h3-12H,1-2H3,(H,24,26). The van der Waals surface area contributed by atoms with Crippen LogP contribution in [0.4, 0.5) is 5.69 Å². The fraction of sp³-hybridized carbons (Fsp3) is 0.0909. The van der Waals surface area contributed by atoms with Gasteiger partial charge in [-0.15, -0.1) is 0 Å². The average Bonchev–Trinajstić information content (AvgIpc) is 3.12. The molecular formula is C22H17BrN2O3. The smallest absolute Gasteiger partial charge is 0.259 e. The van der Waals surface area contributed by atoms with Crippen molar-refractivity contribution < 1.29 is 13.9 Å². The van der Waals surface area contributed by atoms with E-state index in [1.807, 2.05) is 61.5 Å². The number of hydrogen-bond donors (Lipinski definition) is 1. The van der Waals surface area contributed by atoms with Crippen LogP contribution >= 0.6 is 15.9 Å². The fourth-order valence-corrected chi connectivity index (χ4v) is 3.63. The SMILES string of the molecule is COc1c(C)cc(Br)cc1C(=O)Nc1ccc(-c2nc3ccccc3o2)cc1. The lowest BCUT2D eigenvalue weighted by molar-refractivity contribution is 0.102. The molecular weight excluding hydrogens is 420 g/mol. The lowest BCUT2D eigenvalue weighted by Crippen LogP contribution is -2.13. The van der Waals surface area contributed by atoms with E-state index in [1.165, 1.54) is 0 Å². The summed E-state index contributed by atoms with van der Waals surface area (Å²) < 4.78 is 12.0. The molecule has 0 aliphatic rings. The van der Waals surface area contributed by atoms with Crippen LogP contribution in [-0.2, 0) is 0 Å². The quantitative estimate of drug-likeness (QED) is 0.437. The molecule has 4 aromatic rings. The average molecular weight is 437 g/mol. The van der Waals surface area contributed by atoms with Crippen LogP contribution < -0.4 is 10.1 Å². The number of halogens is 1. The Morgan fingerprint density at radius 1 is 1.11 bits per heavy atom. The summed E-state index contributed by atoms with van der Waals surface area (Å²) in [4.78, 5) is 17.2. The van der Waals surface area contributed by atoms with Gasteiger partial charge in [-0.05, 0) is 61.0 Å². The Kier molecular flexibility index (Phi) is 4.88. The van der Waals surface area contributed by atoms with Gasteiger partial charge in [0.1, 0.15) is 11.3 Å². The largest absolute Gasteiger partial charge is 0.496 e. The molecule has 1 N–H and O–H groups in total. The summed E-state index contributed by atoms with van der Waals surface area (Å²) in [5.41, 5.74) is 4.42. The number of hydrogen-bond acceptors (Lipinski definition) is 4. The zero-order valence-corrected chi connectivity index (χ0v) is 16.9. The Hall–Kier alpha value is -3.12. The molecule has 0 radical (unpaired) electrons. The van der Waals surface area contributed by atoms with Gasteiger partial charge in [-0.2, -0.15) is 0 Å². The Labute approximate surface area is 170 Å². The highest BCUT2D eigenvalue weighted by molar-refractivity contribution is 9.10. The number of carbonyl (C=O) groups excluding carboxylic acids is 1. The van der Waals surface area contributed by atoms with Gasteiger partial charge in [0, 0.05) is 15.7 Å². The maximum atomic E-state index is 12.7. The molecule has 0 fully saturated rings. The first-order valence-electron chi connectivity index (χ1n) is 8.66. The van der Waals surface area contributed by atoms with Crippen molar-refractivity contribution in [3.05, 3.63) is 76.3 Å². The van der Waals surface area contributed by atoms with Gasteiger partial charge in [0.2, 0.25) is 5.89 Å². The Balaban J connectivity index is 1.57. The molecule has 0 aliphatic heterocycles. The van der Waals surface area contributed by atoms with E-state index < -0.39 is 0 Å². The van der Waals surface area contributed by atoms with E-state index in [2.05, 4.69) is 26.2 Å². The monoisotopic (exact) mass is 436 g/mol. The van der Waals surface area contributed by atoms with Gasteiger partial charge in [-0.3, -0.25) is 4.79 Å². The topological polar surface area (TPSA) is 64.4 Å². The van der Waals surface area contributed by atoms with Gasteiger partial charge in [-0.25, -0.2) is 4.98 Å². The number of aryl methyl sites for hydroxylation is 1. The van der Waals surface area contributed by atoms with Crippen molar-refractivity contribution in [2.75, 3.05) is 12.4 Å². The molecule has 0 saturated heterocycles. The van der Waals surface area contributed by atoms with E-state index in [9.17, 15) is 4.79 Å². The number of rotatable bonds is 4. The number of benzene rings is 3. The molecule has 0 bridgehead atoms. The number of amides is 1. The highest BCUT2D eigenvalue weighted by Crippen LogP contribution is 2.29. The first kappa shape index (κ1) is 18.3. The molecule has 0 atom stereocenters. The molecule has 0 spiro atoms. The van der Waals surface area contributed by atoms with Crippen LogP contribution in [0.25, 0.3) is 22.6 Å². The van der Waals surface area contributed by atoms with Gasteiger partial charge in [-0.1, -0.05) is 28.1 Å². The van der Waals surface area contributed by atoms with Crippen LogP contribution in [0.1, 0.15) is 15.9 Å². The summed E-state index contributed by atoms with van der Waals surface area (Å²) in [6.07, 6.45) is 0. The molecule has 0 unspecified atom stereocenters.